The predicted molar refractivity (Wildman–Crippen MR) is 278 cm³/mol. The van der Waals surface area contributed by atoms with E-state index in [1.807, 2.05) is 0 Å². The van der Waals surface area contributed by atoms with Crippen LogP contribution in [0.3, 0.4) is 0 Å². The van der Waals surface area contributed by atoms with Crippen LogP contribution < -0.4 is 4.90 Å². The summed E-state index contributed by atoms with van der Waals surface area (Å²) in [5.41, 5.74) is 17.9. The third kappa shape index (κ3) is 5.11. The fraction of sp³-hybridized carbons (Fsp3) is 0.0154. The van der Waals surface area contributed by atoms with E-state index in [-0.39, 0.29) is 0 Å². The molecular formula is C65H41N. The zero-order valence-corrected chi connectivity index (χ0v) is 36.1. The molecule has 0 radical (unpaired) electrons. The van der Waals surface area contributed by atoms with Crippen molar-refractivity contribution in [2.24, 2.45) is 0 Å². The van der Waals surface area contributed by atoms with E-state index in [1.54, 1.807) is 0 Å². The van der Waals surface area contributed by atoms with Gasteiger partial charge in [0.05, 0.1) is 16.8 Å². The fourth-order valence-electron chi connectivity index (χ4n) is 12.0. The SMILES string of the molecule is c1ccc(-c2ccc3ccccc3c2N(c2ccc3c(c2)C2(c4ccccc4-c4cccc5cccc2c45)c2cccc4c(-c5ccccc5)ccc-3c24)c2cccc3ccccc23)cc1. The van der Waals surface area contributed by atoms with Crippen molar-refractivity contribution in [1.82, 2.24) is 0 Å². The molecule has 306 valence electrons. The summed E-state index contributed by atoms with van der Waals surface area (Å²) in [5.74, 6) is 0. The van der Waals surface area contributed by atoms with Gasteiger partial charge < -0.3 is 4.90 Å². The molecular weight excluding hydrogens is 795 g/mol. The molecule has 12 aromatic carbocycles. The monoisotopic (exact) mass is 835 g/mol. The molecule has 1 spiro atoms. The Morgan fingerprint density at radius 3 is 1.59 bits per heavy atom. The van der Waals surface area contributed by atoms with E-state index in [1.165, 1.54) is 110 Å². The normalized spacial score (nSPS) is 14.4. The van der Waals surface area contributed by atoms with Crippen molar-refractivity contribution in [3.8, 4) is 44.5 Å². The second-order valence-electron chi connectivity index (χ2n) is 17.9. The van der Waals surface area contributed by atoms with Gasteiger partial charge >= 0.3 is 0 Å². The fourth-order valence-corrected chi connectivity index (χ4v) is 12.0. The Balaban J connectivity index is 1.16. The number of benzene rings is 12. The third-order valence-corrected chi connectivity index (χ3v) is 14.6. The van der Waals surface area contributed by atoms with Crippen LogP contribution in [-0.2, 0) is 5.41 Å². The molecule has 2 aliphatic rings. The molecule has 0 amide bonds. The zero-order valence-electron chi connectivity index (χ0n) is 36.1. The lowest BCUT2D eigenvalue weighted by Crippen LogP contribution is -2.36. The molecule has 66 heavy (non-hydrogen) atoms. The molecule has 0 saturated heterocycles. The van der Waals surface area contributed by atoms with Gasteiger partial charge in [-0.2, -0.15) is 0 Å². The Morgan fingerprint density at radius 1 is 0.273 bits per heavy atom. The van der Waals surface area contributed by atoms with Gasteiger partial charge in [-0.1, -0.05) is 231 Å². The van der Waals surface area contributed by atoms with Gasteiger partial charge in [0.15, 0.2) is 0 Å². The molecule has 1 nitrogen and oxygen atoms in total. The van der Waals surface area contributed by atoms with Crippen LogP contribution in [0.5, 0.6) is 0 Å². The minimum atomic E-state index is -0.664. The molecule has 1 heteroatoms. The van der Waals surface area contributed by atoms with Gasteiger partial charge in [-0.15, -0.1) is 0 Å². The number of fused-ring (bicyclic) bond motifs is 10. The summed E-state index contributed by atoms with van der Waals surface area (Å²) in [6.07, 6.45) is 0. The van der Waals surface area contributed by atoms with Crippen LogP contribution in [0.15, 0.2) is 249 Å². The maximum Gasteiger partial charge on any atom is 0.0726 e. The molecule has 14 rings (SSSR count). The van der Waals surface area contributed by atoms with Gasteiger partial charge in [0.1, 0.15) is 0 Å². The maximum atomic E-state index is 2.57. The van der Waals surface area contributed by atoms with Gasteiger partial charge in [0.25, 0.3) is 0 Å². The highest BCUT2D eigenvalue weighted by Crippen LogP contribution is 2.62. The summed E-state index contributed by atoms with van der Waals surface area (Å²) in [6, 6.07) is 93.1. The Labute approximate surface area is 384 Å². The van der Waals surface area contributed by atoms with E-state index in [9.17, 15) is 0 Å². The summed E-state index contributed by atoms with van der Waals surface area (Å²) < 4.78 is 0. The lowest BCUT2D eigenvalue weighted by Gasteiger charge is -2.46. The van der Waals surface area contributed by atoms with Crippen molar-refractivity contribution in [2.75, 3.05) is 4.90 Å². The van der Waals surface area contributed by atoms with E-state index in [4.69, 9.17) is 0 Å². The van der Waals surface area contributed by atoms with Crippen molar-refractivity contribution in [2.45, 2.75) is 5.41 Å². The minimum absolute atomic E-state index is 0.664. The Bertz CT molecular complexity index is 3930. The second-order valence-corrected chi connectivity index (χ2v) is 17.9. The van der Waals surface area contributed by atoms with Crippen molar-refractivity contribution < 1.29 is 0 Å². The lowest BCUT2D eigenvalue weighted by atomic mass is 9.55. The van der Waals surface area contributed by atoms with Crippen LogP contribution in [0.2, 0.25) is 0 Å². The largest absolute Gasteiger partial charge is 0.309 e. The topological polar surface area (TPSA) is 3.24 Å². The first-order valence-electron chi connectivity index (χ1n) is 23.0. The molecule has 2 aliphatic carbocycles. The molecule has 12 aromatic rings. The molecule has 0 fully saturated rings. The first kappa shape index (κ1) is 36.9. The number of rotatable bonds is 5. The summed E-state index contributed by atoms with van der Waals surface area (Å²) >= 11 is 0. The molecule has 0 saturated carbocycles. The number of hydrogen-bond donors (Lipinski definition) is 0. The zero-order chi connectivity index (χ0) is 43.3. The van der Waals surface area contributed by atoms with Crippen LogP contribution in [-0.4, -0.2) is 0 Å². The van der Waals surface area contributed by atoms with Gasteiger partial charge in [-0.3, -0.25) is 0 Å². The van der Waals surface area contributed by atoms with E-state index in [0.29, 0.717) is 0 Å². The molecule has 0 N–H and O–H groups in total. The van der Waals surface area contributed by atoms with Crippen LogP contribution in [0, 0.1) is 0 Å². The van der Waals surface area contributed by atoms with Crippen molar-refractivity contribution in [1.29, 1.82) is 0 Å². The van der Waals surface area contributed by atoms with Crippen molar-refractivity contribution in [3.05, 3.63) is 271 Å². The Hall–Kier alpha value is -8.52. The Morgan fingerprint density at radius 2 is 0.773 bits per heavy atom. The second kappa shape index (κ2) is 14.2. The Kier molecular flexibility index (Phi) is 7.97. The molecule has 0 aromatic heterocycles. The molecule has 1 unspecified atom stereocenters. The van der Waals surface area contributed by atoms with Crippen LogP contribution in [0.25, 0.3) is 87.6 Å². The minimum Gasteiger partial charge on any atom is -0.309 e. The molecule has 0 bridgehead atoms. The quantitative estimate of drug-likeness (QED) is 0.167. The average molecular weight is 836 g/mol. The van der Waals surface area contributed by atoms with E-state index in [0.717, 1.165) is 17.1 Å². The summed E-state index contributed by atoms with van der Waals surface area (Å²) in [5, 5.41) is 9.97. The number of nitrogens with zero attached hydrogens (tertiary/aromatic N) is 1. The van der Waals surface area contributed by atoms with E-state index >= 15 is 0 Å². The highest BCUT2D eigenvalue weighted by Gasteiger charge is 2.49. The third-order valence-electron chi connectivity index (χ3n) is 14.6. The molecule has 1 atom stereocenters. The number of hydrogen-bond acceptors (Lipinski definition) is 1. The van der Waals surface area contributed by atoms with Gasteiger partial charge in [-0.25, -0.2) is 0 Å². The molecule has 0 heterocycles. The van der Waals surface area contributed by atoms with Gasteiger partial charge in [0, 0.05) is 22.0 Å². The van der Waals surface area contributed by atoms with Crippen molar-refractivity contribution >= 4 is 60.2 Å². The summed E-state index contributed by atoms with van der Waals surface area (Å²) in [7, 11) is 0. The van der Waals surface area contributed by atoms with Gasteiger partial charge in [-0.05, 0) is 112 Å². The number of anilines is 3. The first-order chi connectivity index (χ1) is 32.8. The smallest absolute Gasteiger partial charge is 0.0726 e. The highest BCUT2D eigenvalue weighted by molar-refractivity contribution is 6.15. The highest BCUT2D eigenvalue weighted by atomic mass is 15.1. The predicted octanol–water partition coefficient (Wildman–Crippen LogP) is 17.4. The van der Waals surface area contributed by atoms with Crippen LogP contribution in [0.1, 0.15) is 22.3 Å². The van der Waals surface area contributed by atoms with E-state index < -0.39 is 5.41 Å². The maximum absolute atomic E-state index is 2.57. The van der Waals surface area contributed by atoms with Crippen LogP contribution >= 0.6 is 0 Å². The summed E-state index contributed by atoms with van der Waals surface area (Å²) in [6.45, 7) is 0. The van der Waals surface area contributed by atoms with E-state index in [2.05, 4.69) is 254 Å². The standard InChI is InChI=1S/C65H41N/c1-3-17-42(18-4-1)48-39-40-56-53-38-36-47(66(61-34-15-23-43-21-7-9-26-49(43)61)64-50-27-10-8-22-45(50)35-37-51(64)44-19-5-2-6-20-44)41-60(53)65(59-33-16-30-54(48)63(56)59)57-31-12-11-28-52(57)55-29-13-24-46-25-14-32-58(65)62(46)55/h1-41H. The summed E-state index contributed by atoms with van der Waals surface area (Å²) in [4.78, 5) is 2.57. The first-order valence-corrected chi connectivity index (χ1v) is 23.0. The lowest BCUT2D eigenvalue weighted by molar-refractivity contribution is 0.754. The molecule has 0 aliphatic heterocycles. The van der Waals surface area contributed by atoms with Crippen LogP contribution in [0.4, 0.5) is 17.1 Å². The van der Waals surface area contributed by atoms with Gasteiger partial charge in [0.2, 0.25) is 0 Å². The average Bonchev–Trinajstić information content (AvgIpc) is 3.39. The van der Waals surface area contributed by atoms with Crippen molar-refractivity contribution in [3.63, 3.8) is 0 Å².